The van der Waals surface area contributed by atoms with E-state index in [1.54, 1.807) is 0 Å². The minimum absolute atomic E-state index is 0.849. The first-order chi connectivity index (χ1) is 22.2. The minimum atomic E-state index is 0.849. The predicted molar refractivity (Wildman–Crippen MR) is 184 cm³/mol. The third-order valence-corrected chi connectivity index (χ3v) is 10.1. The van der Waals surface area contributed by atoms with Crippen LogP contribution in [0.5, 0.6) is 0 Å². The van der Waals surface area contributed by atoms with Crippen LogP contribution in [-0.2, 0) is 38.9 Å². The summed E-state index contributed by atoms with van der Waals surface area (Å²) >= 11 is 0. The zero-order chi connectivity index (χ0) is 29.5. The van der Waals surface area contributed by atoms with E-state index in [9.17, 15) is 0 Å². The van der Waals surface area contributed by atoms with Gasteiger partial charge in [-0.1, -0.05) is 91.0 Å². The monoisotopic (exact) mass is 579 g/mol. The number of fused-ring (bicyclic) bond motifs is 3. The highest BCUT2D eigenvalue weighted by molar-refractivity contribution is 5.86. The molecule has 0 atom stereocenters. The van der Waals surface area contributed by atoms with E-state index in [1.165, 1.54) is 82.8 Å². The molecule has 0 amide bonds. The fraction of sp³-hybridized carbons (Fsp3) is 0.143. The summed E-state index contributed by atoms with van der Waals surface area (Å²) in [4.78, 5) is 0. The first-order valence-electron chi connectivity index (χ1n) is 16.1. The molecule has 5 aromatic carbocycles. The summed E-state index contributed by atoms with van der Waals surface area (Å²) in [5, 5.41) is 4.08. The zero-order valence-electron chi connectivity index (χ0n) is 25.2. The van der Waals surface area contributed by atoms with Crippen molar-refractivity contribution in [2.75, 3.05) is 0 Å². The molecule has 0 fully saturated rings. The summed E-state index contributed by atoms with van der Waals surface area (Å²) in [6, 6.07) is 41.6. The Labute approximate surface area is 262 Å². The van der Waals surface area contributed by atoms with Crippen molar-refractivity contribution in [1.29, 1.82) is 0 Å². The topological polar surface area (TPSA) is 14.8 Å². The first-order valence-corrected chi connectivity index (χ1v) is 16.1. The lowest BCUT2D eigenvalue weighted by atomic mass is 9.93. The average molecular weight is 580 g/mol. The van der Waals surface area contributed by atoms with Gasteiger partial charge in [0.25, 0.3) is 0 Å². The molecule has 45 heavy (non-hydrogen) atoms. The van der Waals surface area contributed by atoms with Crippen LogP contribution in [0.4, 0.5) is 0 Å². The Balaban J connectivity index is 1.29. The van der Waals surface area contributed by atoms with Crippen LogP contribution in [0.15, 0.2) is 128 Å². The van der Waals surface area contributed by atoms with Gasteiger partial charge in [-0.15, -0.1) is 0 Å². The summed E-state index contributed by atoms with van der Waals surface area (Å²) in [6.45, 7) is 2.55. The molecule has 0 saturated heterocycles. The Morgan fingerprint density at radius 2 is 0.622 bits per heavy atom. The van der Waals surface area contributed by atoms with Gasteiger partial charge in [-0.05, 0) is 87.5 Å². The van der Waals surface area contributed by atoms with E-state index < -0.39 is 0 Å². The average Bonchev–Trinajstić information content (AvgIpc) is 3.68. The second-order valence-corrected chi connectivity index (χ2v) is 13.2. The van der Waals surface area contributed by atoms with Crippen LogP contribution in [-0.4, -0.2) is 13.7 Å². The maximum Gasteiger partial charge on any atom is 0.0486 e. The molecule has 3 heteroatoms. The van der Waals surface area contributed by atoms with E-state index in [0.29, 0.717) is 0 Å². The van der Waals surface area contributed by atoms with Crippen LogP contribution < -0.4 is 0 Å². The van der Waals surface area contributed by atoms with Crippen molar-refractivity contribution in [2.24, 2.45) is 0 Å². The number of hydrogen-bond donors (Lipinski definition) is 0. The quantitative estimate of drug-likeness (QED) is 0.170. The standard InChI is InChI=1S/C42H33N3/c1-4-10-40-37(7-1)34-19-28-13-29-15-30(14-28)21-36-27-45(42-12-6-3-9-39(36)42)24-33-17-31(22-43(40)25-34)16-32(18-33)23-44-26-35(20-29)38-8-2-5-11-41(38)44/h1-18,25-27H,19-24H2. The molecule has 6 heterocycles. The van der Waals surface area contributed by atoms with E-state index in [-0.39, 0.29) is 0 Å². The smallest absolute Gasteiger partial charge is 0.0486 e. The van der Waals surface area contributed by atoms with Gasteiger partial charge in [0.1, 0.15) is 0 Å². The molecule has 3 aliphatic heterocycles. The summed E-state index contributed by atoms with van der Waals surface area (Å²) in [6.07, 6.45) is 10.0. The van der Waals surface area contributed by atoms with Gasteiger partial charge in [-0.25, -0.2) is 0 Å². The summed E-state index contributed by atoms with van der Waals surface area (Å²) < 4.78 is 7.42. The second kappa shape index (κ2) is 9.61. The third-order valence-electron chi connectivity index (χ3n) is 10.1. The van der Waals surface area contributed by atoms with Crippen molar-refractivity contribution >= 4 is 32.7 Å². The Kier molecular flexibility index (Phi) is 5.36. The lowest BCUT2D eigenvalue weighted by Gasteiger charge is -2.14. The van der Waals surface area contributed by atoms with Crippen molar-refractivity contribution in [3.63, 3.8) is 0 Å². The van der Waals surface area contributed by atoms with Gasteiger partial charge < -0.3 is 13.7 Å². The molecule has 8 aromatic rings. The lowest BCUT2D eigenvalue weighted by molar-refractivity contribution is 0.789. The molecule has 3 aromatic heterocycles. The van der Waals surface area contributed by atoms with E-state index in [0.717, 1.165) is 38.9 Å². The molecule has 12 bridgehead atoms. The van der Waals surface area contributed by atoms with E-state index >= 15 is 0 Å². The SMILES string of the molecule is c1ccc2c(c1)c1cn2Cc2cc3cc(c2)Cn2cc(c4ccccc42)Cc2cc(cc(c2)Cc2cn(c4ccccc24)C3)C1. The fourth-order valence-electron chi connectivity index (χ4n) is 8.29. The molecule has 3 aliphatic rings. The Bertz CT molecular complexity index is 1990. The summed E-state index contributed by atoms with van der Waals surface area (Å²) in [7, 11) is 0. The van der Waals surface area contributed by atoms with E-state index in [1.807, 2.05) is 0 Å². The zero-order valence-corrected chi connectivity index (χ0v) is 25.2. The van der Waals surface area contributed by atoms with E-state index in [4.69, 9.17) is 0 Å². The van der Waals surface area contributed by atoms with Crippen molar-refractivity contribution < 1.29 is 0 Å². The molecule has 0 radical (unpaired) electrons. The molecule has 0 unspecified atom stereocenters. The van der Waals surface area contributed by atoms with Gasteiger partial charge in [-0.2, -0.15) is 0 Å². The number of aromatic nitrogens is 3. The van der Waals surface area contributed by atoms with Crippen molar-refractivity contribution in [2.45, 2.75) is 38.9 Å². The van der Waals surface area contributed by atoms with Gasteiger partial charge in [0.2, 0.25) is 0 Å². The largest absolute Gasteiger partial charge is 0.343 e. The molecular weight excluding hydrogens is 546 g/mol. The molecule has 0 spiro atoms. The summed E-state index contributed by atoms with van der Waals surface area (Å²) in [5.41, 5.74) is 16.4. The number of benzene rings is 5. The summed E-state index contributed by atoms with van der Waals surface area (Å²) in [5.74, 6) is 0. The number of rotatable bonds is 0. The maximum absolute atomic E-state index is 2.47. The lowest BCUT2D eigenvalue weighted by Crippen LogP contribution is -2.06. The molecule has 0 aliphatic carbocycles. The second-order valence-electron chi connectivity index (χ2n) is 13.2. The first kappa shape index (κ1) is 25.1. The molecule has 11 rings (SSSR count). The molecule has 0 saturated carbocycles. The number of nitrogens with zero attached hydrogens (tertiary/aromatic N) is 3. The Morgan fingerprint density at radius 3 is 0.956 bits per heavy atom. The Morgan fingerprint density at radius 1 is 0.333 bits per heavy atom. The van der Waals surface area contributed by atoms with Gasteiger partial charge in [0, 0.05) is 70.9 Å². The van der Waals surface area contributed by atoms with Gasteiger partial charge in [0.15, 0.2) is 0 Å². The normalized spacial score (nSPS) is 14.1. The van der Waals surface area contributed by atoms with Gasteiger partial charge in [-0.3, -0.25) is 0 Å². The Hall–Kier alpha value is -5.28. The molecule has 216 valence electrons. The van der Waals surface area contributed by atoms with Crippen LogP contribution in [0.2, 0.25) is 0 Å². The highest BCUT2D eigenvalue weighted by Crippen LogP contribution is 2.32. The number of hydrogen-bond acceptors (Lipinski definition) is 0. The van der Waals surface area contributed by atoms with Crippen molar-refractivity contribution in [3.05, 3.63) is 178 Å². The highest BCUT2D eigenvalue weighted by atomic mass is 15.0. The maximum atomic E-state index is 2.47. The predicted octanol–water partition coefficient (Wildman–Crippen LogP) is 9.09. The van der Waals surface area contributed by atoms with Crippen LogP contribution in [0.3, 0.4) is 0 Å². The van der Waals surface area contributed by atoms with Crippen molar-refractivity contribution in [3.8, 4) is 0 Å². The third kappa shape index (κ3) is 4.18. The molecule has 0 N–H and O–H groups in total. The van der Waals surface area contributed by atoms with Crippen LogP contribution in [0.1, 0.15) is 50.1 Å². The fourth-order valence-corrected chi connectivity index (χ4v) is 8.29. The minimum Gasteiger partial charge on any atom is -0.343 e. The number of para-hydroxylation sites is 3. The van der Waals surface area contributed by atoms with Crippen molar-refractivity contribution in [1.82, 2.24) is 13.7 Å². The molecule has 3 nitrogen and oxygen atoms in total. The van der Waals surface area contributed by atoms with Crippen LogP contribution in [0.25, 0.3) is 32.7 Å². The molecular formula is C42H33N3. The highest BCUT2D eigenvalue weighted by Gasteiger charge is 2.17. The van der Waals surface area contributed by atoms with Crippen LogP contribution in [0, 0.1) is 0 Å². The van der Waals surface area contributed by atoms with Gasteiger partial charge in [0.05, 0.1) is 0 Å². The van der Waals surface area contributed by atoms with Crippen LogP contribution >= 0.6 is 0 Å². The van der Waals surface area contributed by atoms with Gasteiger partial charge >= 0.3 is 0 Å². The van der Waals surface area contributed by atoms with E-state index in [2.05, 4.69) is 141 Å².